The predicted octanol–water partition coefficient (Wildman–Crippen LogP) is 2.68. The zero-order valence-corrected chi connectivity index (χ0v) is 8.95. The summed E-state index contributed by atoms with van der Waals surface area (Å²) in [5.74, 6) is 0.136. The summed E-state index contributed by atoms with van der Waals surface area (Å²) in [6.45, 7) is 1.37. The van der Waals surface area contributed by atoms with E-state index in [2.05, 4.69) is 4.40 Å². The van der Waals surface area contributed by atoms with Crippen molar-refractivity contribution >= 4 is 30.2 Å². The first-order chi connectivity index (χ1) is 7.25. The van der Waals surface area contributed by atoms with E-state index in [1.807, 2.05) is 24.3 Å². The number of benzene rings is 1. The van der Waals surface area contributed by atoms with Crippen molar-refractivity contribution in [1.82, 2.24) is 0 Å². The van der Waals surface area contributed by atoms with Crippen molar-refractivity contribution in [3.63, 3.8) is 0 Å². The van der Waals surface area contributed by atoms with E-state index in [0.29, 0.717) is 5.76 Å². The molecule has 0 saturated heterocycles. The fourth-order valence-electron chi connectivity index (χ4n) is 1.23. The molecule has 1 aliphatic heterocycles. The average molecular weight is 219 g/mol. The molecule has 0 aromatic heterocycles. The van der Waals surface area contributed by atoms with E-state index in [4.69, 9.17) is 4.74 Å². The molecule has 1 heterocycles. The fraction of sp³-hybridized carbons (Fsp3) is 0.0909. The van der Waals surface area contributed by atoms with Crippen molar-refractivity contribution in [2.24, 2.45) is 4.40 Å². The summed E-state index contributed by atoms with van der Waals surface area (Å²) in [5, 5.41) is 0. The Balaban J connectivity index is 2.35. The predicted molar refractivity (Wildman–Crippen MR) is 60.5 cm³/mol. The molecule has 0 amide bonds. The maximum atomic E-state index is 10.8. The summed E-state index contributed by atoms with van der Waals surface area (Å²) in [5.41, 5.74) is 1.01. The number of rotatable bonds is 1. The molecular weight excluding hydrogens is 210 g/mol. The van der Waals surface area contributed by atoms with Gasteiger partial charge in [0.25, 0.3) is 0 Å². The Morgan fingerprint density at radius 3 is 3.00 bits per heavy atom. The van der Waals surface area contributed by atoms with Gasteiger partial charge < -0.3 is 4.74 Å². The summed E-state index contributed by atoms with van der Waals surface area (Å²) in [6, 6.07) is 7.82. The number of carbonyl (C=O) groups excluding carboxylic acids is 1. The lowest BCUT2D eigenvalue weighted by atomic mass is 10.2. The molecule has 0 radical (unpaired) electrons. The van der Waals surface area contributed by atoms with E-state index in [1.54, 1.807) is 12.3 Å². The second-order valence-corrected chi connectivity index (χ2v) is 3.84. The first kappa shape index (κ1) is 9.98. The van der Waals surface area contributed by atoms with Gasteiger partial charge in [-0.05, 0) is 17.7 Å². The molecule has 4 heteroatoms. The lowest BCUT2D eigenvalue weighted by molar-refractivity contribution is -0.135. The third kappa shape index (κ3) is 2.47. The molecule has 0 aliphatic carbocycles. The van der Waals surface area contributed by atoms with E-state index < -0.39 is 0 Å². The Bertz CT molecular complexity index is 452. The SMILES string of the molecule is CC(=O)OC1=Cc2ccccc2SN=C1. The smallest absolute Gasteiger partial charge is 0.308 e. The quantitative estimate of drug-likeness (QED) is 0.538. The number of fused-ring (bicyclic) bond motifs is 1. The Hall–Kier alpha value is -1.55. The number of hydrogen-bond acceptors (Lipinski definition) is 4. The van der Waals surface area contributed by atoms with Gasteiger partial charge in [0.05, 0.1) is 6.21 Å². The van der Waals surface area contributed by atoms with Gasteiger partial charge in [-0.1, -0.05) is 18.2 Å². The molecule has 76 valence electrons. The maximum absolute atomic E-state index is 10.8. The molecule has 1 aromatic rings. The van der Waals surface area contributed by atoms with Crippen LogP contribution in [0.5, 0.6) is 0 Å². The number of ether oxygens (including phenoxy) is 1. The largest absolute Gasteiger partial charge is 0.425 e. The highest BCUT2D eigenvalue weighted by Gasteiger charge is 2.07. The van der Waals surface area contributed by atoms with Crippen molar-refractivity contribution in [2.45, 2.75) is 11.8 Å². The second kappa shape index (κ2) is 4.31. The molecule has 0 unspecified atom stereocenters. The highest BCUT2D eigenvalue weighted by molar-refractivity contribution is 7.98. The van der Waals surface area contributed by atoms with Crippen LogP contribution in [0.4, 0.5) is 0 Å². The molecule has 0 fully saturated rings. The third-order valence-electron chi connectivity index (χ3n) is 1.81. The van der Waals surface area contributed by atoms with Crippen LogP contribution < -0.4 is 0 Å². The third-order valence-corrected chi connectivity index (χ3v) is 2.59. The van der Waals surface area contributed by atoms with E-state index in [-0.39, 0.29) is 5.97 Å². The molecule has 0 bridgehead atoms. The number of hydrogen-bond donors (Lipinski definition) is 0. The molecule has 0 saturated carbocycles. The number of esters is 1. The number of carbonyl (C=O) groups is 1. The van der Waals surface area contributed by atoms with Crippen LogP contribution in [0, 0.1) is 0 Å². The number of nitrogens with zero attached hydrogens (tertiary/aromatic N) is 1. The minimum atomic E-state index is -0.336. The molecule has 0 atom stereocenters. The fourth-order valence-corrected chi connectivity index (χ4v) is 1.87. The maximum Gasteiger partial charge on any atom is 0.308 e. The zero-order chi connectivity index (χ0) is 10.7. The highest BCUT2D eigenvalue weighted by atomic mass is 32.2. The van der Waals surface area contributed by atoms with E-state index in [9.17, 15) is 4.79 Å². The molecule has 2 rings (SSSR count). The first-order valence-corrected chi connectivity index (χ1v) is 5.22. The van der Waals surface area contributed by atoms with Crippen LogP contribution in [-0.2, 0) is 9.53 Å². The average Bonchev–Trinajstić information content (AvgIpc) is 2.38. The molecule has 3 nitrogen and oxygen atoms in total. The lowest BCUT2D eigenvalue weighted by Gasteiger charge is -2.00. The van der Waals surface area contributed by atoms with Crippen molar-refractivity contribution in [1.29, 1.82) is 0 Å². The van der Waals surface area contributed by atoms with Gasteiger partial charge in [0.1, 0.15) is 5.76 Å². The van der Waals surface area contributed by atoms with Gasteiger partial charge in [0.2, 0.25) is 0 Å². The minimum absolute atomic E-state index is 0.336. The standard InChI is InChI=1S/C11H9NO2S/c1-8(13)14-10-6-9-4-2-3-5-11(9)15-12-7-10/h2-7H,1H3. The Kier molecular flexibility index (Phi) is 2.87. The Labute approximate surface area is 92.0 Å². The van der Waals surface area contributed by atoms with Crippen molar-refractivity contribution in [3.05, 3.63) is 35.6 Å². The van der Waals surface area contributed by atoms with Crippen molar-refractivity contribution in [2.75, 3.05) is 0 Å². The Morgan fingerprint density at radius 1 is 1.40 bits per heavy atom. The molecule has 15 heavy (non-hydrogen) atoms. The highest BCUT2D eigenvalue weighted by Crippen LogP contribution is 2.27. The van der Waals surface area contributed by atoms with Gasteiger partial charge in [-0.2, -0.15) is 0 Å². The van der Waals surface area contributed by atoms with E-state index in [0.717, 1.165) is 10.5 Å². The summed E-state index contributed by atoms with van der Waals surface area (Å²) in [6.07, 6.45) is 3.35. The van der Waals surface area contributed by atoms with Gasteiger partial charge in [-0.25, -0.2) is 4.40 Å². The van der Waals surface area contributed by atoms with Crippen LogP contribution >= 0.6 is 11.9 Å². The molecule has 1 aromatic carbocycles. The monoisotopic (exact) mass is 219 g/mol. The van der Waals surface area contributed by atoms with E-state index >= 15 is 0 Å². The van der Waals surface area contributed by atoms with Crippen molar-refractivity contribution in [3.8, 4) is 0 Å². The first-order valence-electron chi connectivity index (χ1n) is 4.45. The summed E-state index contributed by atoms with van der Waals surface area (Å²) < 4.78 is 9.08. The summed E-state index contributed by atoms with van der Waals surface area (Å²) in [7, 11) is 0. The zero-order valence-electron chi connectivity index (χ0n) is 8.14. The van der Waals surface area contributed by atoms with Crippen LogP contribution in [0.15, 0.2) is 39.3 Å². The van der Waals surface area contributed by atoms with Crippen LogP contribution in [0.25, 0.3) is 6.08 Å². The van der Waals surface area contributed by atoms with Crippen LogP contribution in [0.3, 0.4) is 0 Å². The van der Waals surface area contributed by atoms with Gasteiger partial charge in [-0.15, -0.1) is 0 Å². The van der Waals surface area contributed by atoms with Crippen LogP contribution in [0.2, 0.25) is 0 Å². The second-order valence-electron chi connectivity index (χ2n) is 3.00. The topological polar surface area (TPSA) is 38.7 Å². The Morgan fingerprint density at radius 2 is 2.20 bits per heavy atom. The normalized spacial score (nSPS) is 13.8. The van der Waals surface area contributed by atoms with Crippen molar-refractivity contribution < 1.29 is 9.53 Å². The van der Waals surface area contributed by atoms with Crippen LogP contribution in [0.1, 0.15) is 12.5 Å². The minimum Gasteiger partial charge on any atom is -0.425 e. The summed E-state index contributed by atoms with van der Waals surface area (Å²) in [4.78, 5) is 11.9. The van der Waals surface area contributed by atoms with Gasteiger partial charge in [0, 0.05) is 23.8 Å². The van der Waals surface area contributed by atoms with Gasteiger partial charge in [-0.3, -0.25) is 4.79 Å². The molecule has 0 spiro atoms. The van der Waals surface area contributed by atoms with E-state index in [1.165, 1.54) is 18.9 Å². The number of allylic oxidation sites excluding steroid dienone is 1. The van der Waals surface area contributed by atoms with Gasteiger partial charge >= 0.3 is 5.97 Å². The van der Waals surface area contributed by atoms with Gasteiger partial charge in [0.15, 0.2) is 0 Å². The summed E-state index contributed by atoms with van der Waals surface area (Å²) >= 11 is 1.37. The molecule has 1 aliphatic rings. The lowest BCUT2D eigenvalue weighted by Crippen LogP contribution is -1.99. The molecular formula is C11H9NO2S. The van der Waals surface area contributed by atoms with Crippen LogP contribution in [-0.4, -0.2) is 12.2 Å². The molecule has 0 N–H and O–H groups in total.